The Morgan fingerprint density at radius 3 is 2.43 bits per heavy atom. The molecule has 5 rings (SSSR count). The van der Waals surface area contributed by atoms with Gasteiger partial charge in [-0.3, -0.25) is 9.99 Å². The van der Waals surface area contributed by atoms with Gasteiger partial charge in [-0.15, -0.1) is 5.53 Å². The van der Waals surface area contributed by atoms with Crippen molar-refractivity contribution in [2.24, 2.45) is 0 Å². The molecule has 8 nitrogen and oxygen atoms in total. The number of hydrogen-bond acceptors (Lipinski definition) is 8. The van der Waals surface area contributed by atoms with Crippen LogP contribution in [-0.2, 0) is 0 Å². The van der Waals surface area contributed by atoms with Gasteiger partial charge in [0.15, 0.2) is 5.82 Å². The molecule has 3 heterocycles. The highest BCUT2D eigenvalue weighted by Crippen LogP contribution is 2.37. The predicted octanol–water partition coefficient (Wildman–Crippen LogP) is 6.59. The number of benzene rings is 2. The van der Waals surface area contributed by atoms with Crippen LogP contribution in [0.15, 0.2) is 66.8 Å². The second-order valence-corrected chi connectivity index (χ2v) is 9.62. The van der Waals surface area contributed by atoms with Gasteiger partial charge in [0.25, 0.3) is 0 Å². The molecule has 0 spiro atoms. The minimum absolute atomic E-state index is 0.0434. The Morgan fingerprint density at radius 2 is 1.76 bits per heavy atom. The van der Waals surface area contributed by atoms with Crippen LogP contribution in [0.5, 0.6) is 0 Å². The molecule has 42 heavy (non-hydrogen) atoms. The zero-order valence-electron chi connectivity index (χ0n) is 21.4. The molecule has 0 saturated heterocycles. The van der Waals surface area contributed by atoms with Crippen LogP contribution >= 0.6 is 11.6 Å². The number of aromatic nitrogens is 2. The third-order valence-corrected chi connectivity index (χ3v) is 6.72. The van der Waals surface area contributed by atoms with Crippen LogP contribution in [0, 0.1) is 28.9 Å². The van der Waals surface area contributed by atoms with Crippen LogP contribution in [0.2, 0.25) is 5.02 Å². The van der Waals surface area contributed by atoms with Gasteiger partial charge >= 0.3 is 6.18 Å². The summed E-state index contributed by atoms with van der Waals surface area (Å²) in [6, 6.07) is 8.56. The Labute approximate surface area is 239 Å². The lowest BCUT2D eigenvalue weighted by atomic mass is 10.0. The first kappa shape index (κ1) is 28.8. The van der Waals surface area contributed by atoms with Gasteiger partial charge in [0, 0.05) is 29.5 Å². The summed E-state index contributed by atoms with van der Waals surface area (Å²) in [5.74, 6) is -3.02. The highest BCUT2D eigenvalue weighted by atomic mass is 35.5. The molecule has 0 aliphatic carbocycles. The summed E-state index contributed by atoms with van der Waals surface area (Å²) in [7, 11) is 0. The number of nitrogens with zero attached hydrogens (tertiary/aromatic N) is 4. The van der Waals surface area contributed by atoms with E-state index < -0.39 is 35.8 Å². The molecule has 1 aliphatic rings. The van der Waals surface area contributed by atoms with Crippen molar-refractivity contribution in [1.29, 1.82) is 5.26 Å². The fourth-order valence-corrected chi connectivity index (χ4v) is 4.48. The van der Waals surface area contributed by atoms with Crippen LogP contribution in [0.3, 0.4) is 0 Å². The third-order valence-electron chi connectivity index (χ3n) is 6.43. The van der Waals surface area contributed by atoms with Crippen molar-refractivity contribution in [3.05, 3.63) is 100 Å². The van der Waals surface area contributed by atoms with Crippen LogP contribution in [0.4, 0.5) is 43.4 Å². The maximum atomic E-state index is 13.8. The van der Waals surface area contributed by atoms with Gasteiger partial charge in [0.1, 0.15) is 17.9 Å². The molecule has 2 aromatic heterocycles. The minimum atomic E-state index is -4.52. The molecule has 0 amide bonds. The second kappa shape index (κ2) is 11.3. The van der Waals surface area contributed by atoms with E-state index in [1.807, 2.05) is 6.07 Å². The molecule has 2 aromatic carbocycles. The average molecular weight is 605 g/mol. The number of halogens is 7. The molecule has 0 unspecified atom stereocenters. The monoisotopic (exact) mass is 604 g/mol. The van der Waals surface area contributed by atoms with Gasteiger partial charge in [-0.2, -0.15) is 22.8 Å². The SMILES string of the molecule is C[C@@H](N1C=C([C@@H](Nc2cc(Cl)c3ncc(C#N)c(Nc4cnc(F)c(F)c4)c3c2)c2ccc(F)cc2)NN1)C(F)(F)F. The van der Waals surface area contributed by atoms with Crippen LogP contribution in [0.25, 0.3) is 10.9 Å². The van der Waals surface area contributed by atoms with E-state index in [1.165, 1.54) is 42.7 Å². The van der Waals surface area contributed by atoms with Crippen molar-refractivity contribution in [1.82, 2.24) is 25.9 Å². The lowest BCUT2D eigenvalue weighted by Gasteiger charge is -2.25. The van der Waals surface area contributed by atoms with E-state index in [9.17, 15) is 31.6 Å². The van der Waals surface area contributed by atoms with E-state index in [1.54, 1.807) is 6.07 Å². The van der Waals surface area contributed by atoms with E-state index in [0.29, 0.717) is 16.6 Å². The van der Waals surface area contributed by atoms with E-state index in [2.05, 4.69) is 31.6 Å². The summed E-state index contributed by atoms with van der Waals surface area (Å²) in [6.45, 7) is 0.981. The molecular weight excluding hydrogens is 586 g/mol. The lowest BCUT2D eigenvalue weighted by Crippen LogP contribution is -2.48. The van der Waals surface area contributed by atoms with Crippen molar-refractivity contribution < 1.29 is 26.3 Å². The third kappa shape index (κ3) is 5.83. The first-order valence-electron chi connectivity index (χ1n) is 12.2. The fraction of sp³-hybridized carbons (Fsp3) is 0.148. The largest absolute Gasteiger partial charge is 0.410 e. The molecule has 1 aliphatic heterocycles. The smallest absolute Gasteiger partial charge is 0.373 e. The van der Waals surface area contributed by atoms with Crippen LogP contribution < -0.4 is 21.6 Å². The van der Waals surface area contributed by atoms with E-state index >= 15 is 0 Å². The van der Waals surface area contributed by atoms with E-state index in [0.717, 1.165) is 24.2 Å². The summed E-state index contributed by atoms with van der Waals surface area (Å²) in [6.07, 6.45) is -0.990. The molecule has 0 radical (unpaired) electrons. The second-order valence-electron chi connectivity index (χ2n) is 9.21. The van der Waals surface area contributed by atoms with Gasteiger partial charge < -0.3 is 16.1 Å². The van der Waals surface area contributed by atoms with Crippen molar-refractivity contribution >= 4 is 39.6 Å². The minimum Gasteiger partial charge on any atom is -0.373 e. The van der Waals surface area contributed by atoms with Gasteiger partial charge in [-0.1, -0.05) is 23.7 Å². The number of nitrogens with one attached hydrogen (secondary N) is 4. The normalized spacial score (nSPS) is 14.6. The molecule has 0 saturated carbocycles. The molecular formula is C27H19ClF6N8. The Hall–Kier alpha value is -4.74. The Kier molecular flexibility index (Phi) is 7.72. The molecule has 2 atom stereocenters. The molecule has 216 valence electrons. The predicted molar refractivity (Wildman–Crippen MR) is 143 cm³/mol. The summed E-state index contributed by atoms with van der Waals surface area (Å²) in [5, 5.41) is 17.1. The van der Waals surface area contributed by atoms with Gasteiger partial charge in [0.2, 0.25) is 5.95 Å². The molecule has 4 aromatic rings. The summed E-state index contributed by atoms with van der Waals surface area (Å²) in [4.78, 5) is 7.58. The number of pyridine rings is 2. The topological polar surface area (TPSA) is 101 Å². The maximum Gasteiger partial charge on any atom is 0.410 e. The molecule has 15 heteroatoms. The number of rotatable bonds is 7. The quantitative estimate of drug-likeness (QED) is 0.139. The van der Waals surface area contributed by atoms with E-state index in [4.69, 9.17) is 11.6 Å². The average Bonchev–Trinajstić information content (AvgIpc) is 3.43. The zero-order valence-corrected chi connectivity index (χ0v) is 22.1. The van der Waals surface area contributed by atoms with Crippen molar-refractivity contribution in [2.45, 2.75) is 25.2 Å². The Bertz CT molecular complexity index is 1720. The molecule has 0 fully saturated rings. The van der Waals surface area contributed by atoms with Crippen molar-refractivity contribution in [3.8, 4) is 6.07 Å². The zero-order chi connectivity index (χ0) is 30.2. The van der Waals surface area contributed by atoms with Crippen LogP contribution in [0.1, 0.15) is 24.1 Å². The fourth-order valence-electron chi connectivity index (χ4n) is 4.22. The Morgan fingerprint density at radius 1 is 1.02 bits per heavy atom. The maximum absolute atomic E-state index is 13.8. The Balaban J connectivity index is 1.58. The number of nitriles is 1. The number of hydrazine groups is 2. The van der Waals surface area contributed by atoms with Crippen LogP contribution in [-0.4, -0.2) is 27.2 Å². The summed E-state index contributed by atoms with van der Waals surface area (Å²) in [5.41, 5.74) is 6.83. The lowest BCUT2D eigenvalue weighted by molar-refractivity contribution is -0.178. The first-order chi connectivity index (χ1) is 19.9. The van der Waals surface area contributed by atoms with Gasteiger partial charge in [0.05, 0.1) is 45.4 Å². The molecule has 0 bridgehead atoms. The number of fused-ring (bicyclic) bond motifs is 1. The number of anilines is 3. The van der Waals surface area contributed by atoms with Gasteiger partial charge in [-0.25, -0.2) is 13.8 Å². The summed E-state index contributed by atoms with van der Waals surface area (Å²) >= 11 is 6.54. The van der Waals surface area contributed by atoms with Crippen molar-refractivity contribution in [3.63, 3.8) is 0 Å². The highest BCUT2D eigenvalue weighted by molar-refractivity contribution is 6.36. The highest BCUT2D eigenvalue weighted by Gasteiger charge is 2.41. The number of hydrogen-bond donors (Lipinski definition) is 4. The van der Waals surface area contributed by atoms with Gasteiger partial charge in [-0.05, 0) is 36.8 Å². The van der Waals surface area contributed by atoms with E-state index in [-0.39, 0.29) is 33.2 Å². The number of alkyl halides is 3. The standard InChI is InChI=1S/C27H19ClF6N8/c1-13(27(32,33)34)42-12-22(40-41-42)24(14-2-4-16(29)5-3-14)38-17-6-19-23(39-18-8-21(30)26(31)37-11-18)15(9-35)10-36-25(19)20(28)7-17/h2-8,10-13,24,38,40-41H,1H3,(H,36,39)/t13-,24+/m1/s1. The van der Waals surface area contributed by atoms with Crippen molar-refractivity contribution in [2.75, 3.05) is 10.6 Å². The molecule has 4 N–H and O–H groups in total. The first-order valence-corrected chi connectivity index (χ1v) is 12.5. The summed E-state index contributed by atoms with van der Waals surface area (Å²) < 4.78 is 81.0.